The summed E-state index contributed by atoms with van der Waals surface area (Å²) in [6.07, 6.45) is 4.47. The van der Waals surface area contributed by atoms with E-state index in [0.29, 0.717) is 12.5 Å². The van der Waals surface area contributed by atoms with Gasteiger partial charge in [0, 0.05) is 12.2 Å². The smallest absolute Gasteiger partial charge is 0.193 e. The molecule has 120 valence electrons. The second-order valence-corrected chi connectivity index (χ2v) is 5.83. The minimum atomic E-state index is 0.469. The van der Waals surface area contributed by atoms with E-state index in [1.165, 1.54) is 36.0 Å². The Morgan fingerprint density at radius 3 is 2.70 bits per heavy atom. The predicted octanol–water partition coefficient (Wildman–Crippen LogP) is 3.15. The number of rotatable bonds is 5. The number of anilines is 1. The summed E-state index contributed by atoms with van der Waals surface area (Å²) < 4.78 is 5.15. The maximum absolute atomic E-state index is 5.98. The molecule has 4 nitrogen and oxygen atoms in total. The van der Waals surface area contributed by atoms with E-state index < -0.39 is 0 Å². The standard InChI is InChI=1S/C19H23N3O/c1-23-18-9-5-14(6-10-18)11-12-21-19(20)22-17-8-7-15-3-2-4-16(15)13-17/h5-10,13H,2-4,11-12H2,1H3,(H3,20,21,22). The van der Waals surface area contributed by atoms with Gasteiger partial charge in [-0.05, 0) is 66.6 Å². The van der Waals surface area contributed by atoms with Crippen LogP contribution in [0.25, 0.3) is 0 Å². The number of aliphatic imine (C=N–C) groups is 1. The highest BCUT2D eigenvalue weighted by atomic mass is 16.5. The summed E-state index contributed by atoms with van der Waals surface area (Å²) in [4.78, 5) is 4.40. The zero-order chi connectivity index (χ0) is 16.1. The van der Waals surface area contributed by atoms with Gasteiger partial charge in [-0.3, -0.25) is 4.99 Å². The highest BCUT2D eigenvalue weighted by Crippen LogP contribution is 2.24. The number of methoxy groups -OCH3 is 1. The Bertz CT molecular complexity index is 692. The molecule has 0 saturated carbocycles. The number of aryl methyl sites for hydroxylation is 2. The summed E-state index contributed by atoms with van der Waals surface area (Å²) in [6.45, 7) is 0.663. The Labute approximate surface area is 137 Å². The molecule has 0 amide bonds. The van der Waals surface area contributed by atoms with Crippen LogP contribution >= 0.6 is 0 Å². The van der Waals surface area contributed by atoms with Crippen molar-refractivity contribution in [1.82, 2.24) is 0 Å². The summed E-state index contributed by atoms with van der Waals surface area (Å²) in [5.74, 6) is 1.34. The van der Waals surface area contributed by atoms with Gasteiger partial charge in [0.1, 0.15) is 5.75 Å². The quantitative estimate of drug-likeness (QED) is 0.659. The van der Waals surface area contributed by atoms with E-state index in [4.69, 9.17) is 10.5 Å². The van der Waals surface area contributed by atoms with Gasteiger partial charge in [0.15, 0.2) is 5.96 Å². The molecule has 3 rings (SSSR count). The van der Waals surface area contributed by atoms with Crippen LogP contribution in [-0.4, -0.2) is 19.6 Å². The number of ether oxygens (including phenoxy) is 1. The molecule has 0 radical (unpaired) electrons. The normalized spacial score (nSPS) is 13.7. The van der Waals surface area contributed by atoms with Gasteiger partial charge in [0.05, 0.1) is 7.11 Å². The van der Waals surface area contributed by atoms with Crippen molar-refractivity contribution in [1.29, 1.82) is 0 Å². The van der Waals surface area contributed by atoms with Crippen LogP contribution in [0.15, 0.2) is 47.5 Å². The van der Waals surface area contributed by atoms with E-state index >= 15 is 0 Å². The molecule has 4 heteroatoms. The number of guanidine groups is 1. The van der Waals surface area contributed by atoms with Gasteiger partial charge >= 0.3 is 0 Å². The average molecular weight is 309 g/mol. The number of nitrogens with one attached hydrogen (secondary N) is 1. The van der Waals surface area contributed by atoms with Gasteiger partial charge in [-0.2, -0.15) is 0 Å². The summed E-state index contributed by atoms with van der Waals surface area (Å²) >= 11 is 0. The number of benzene rings is 2. The molecule has 1 aliphatic carbocycles. The predicted molar refractivity (Wildman–Crippen MR) is 95.3 cm³/mol. The number of hydrogen-bond acceptors (Lipinski definition) is 2. The van der Waals surface area contributed by atoms with Crippen molar-refractivity contribution < 1.29 is 4.74 Å². The minimum absolute atomic E-state index is 0.469. The molecule has 0 aromatic heterocycles. The first kappa shape index (κ1) is 15.4. The van der Waals surface area contributed by atoms with Gasteiger partial charge in [0.25, 0.3) is 0 Å². The largest absolute Gasteiger partial charge is 0.497 e. The van der Waals surface area contributed by atoms with Crippen molar-refractivity contribution in [2.24, 2.45) is 10.7 Å². The van der Waals surface area contributed by atoms with Crippen molar-refractivity contribution in [3.63, 3.8) is 0 Å². The molecule has 0 unspecified atom stereocenters. The fraction of sp³-hybridized carbons (Fsp3) is 0.316. The molecule has 0 fully saturated rings. The van der Waals surface area contributed by atoms with Crippen LogP contribution in [0, 0.1) is 0 Å². The molecular weight excluding hydrogens is 286 g/mol. The summed E-state index contributed by atoms with van der Waals surface area (Å²) in [5.41, 5.74) is 11.1. The van der Waals surface area contributed by atoms with E-state index in [1.54, 1.807) is 7.11 Å². The third-order valence-corrected chi connectivity index (χ3v) is 4.21. The van der Waals surface area contributed by atoms with E-state index in [0.717, 1.165) is 17.9 Å². The van der Waals surface area contributed by atoms with Crippen LogP contribution in [0.1, 0.15) is 23.1 Å². The van der Waals surface area contributed by atoms with Crippen LogP contribution in [-0.2, 0) is 19.3 Å². The van der Waals surface area contributed by atoms with Gasteiger partial charge in [-0.15, -0.1) is 0 Å². The third-order valence-electron chi connectivity index (χ3n) is 4.21. The van der Waals surface area contributed by atoms with Crippen molar-refractivity contribution in [3.05, 3.63) is 59.2 Å². The van der Waals surface area contributed by atoms with Gasteiger partial charge in [0.2, 0.25) is 0 Å². The van der Waals surface area contributed by atoms with Crippen LogP contribution < -0.4 is 15.8 Å². The second kappa shape index (κ2) is 7.18. The van der Waals surface area contributed by atoms with E-state index in [1.807, 2.05) is 12.1 Å². The fourth-order valence-corrected chi connectivity index (χ4v) is 2.93. The number of nitrogens with two attached hydrogens (primary N) is 1. The summed E-state index contributed by atoms with van der Waals surface area (Å²) in [6, 6.07) is 14.5. The Balaban J connectivity index is 1.53. The lowest BCUT2D eigenvalue weighted by atomic mass is 10.1. The Morgan fingerprint density at radius 2 is 1.91 bits per heavy atom. The molecule has 0 aliphatic heterocycles. The summed E-state index contributed by atoms with van der Waals surface area (Å²) in [5, 5.41) is 3.18. The van der Waals surface area contributed by atoms with Crippen LogP contribution in [0.4, 0.5) is 5.69 Å². The molecule has 23 heavy (non-hydrogen) atoms. The Morgan fingerprint density at radius 1 is 1.13 bits per heavy atom. The van der Waals surface area contributed by atoms with E-state index in [-0.39, 0.29) is 0 Å². The molecule has 2 aromatic carbocycles. The third kappa shape index (κ3) is 4.03. The second-order valence-electron chi connectivity index (χ2n) is 5.83. The monoisotopic (exact) mass is 309 g/mol. The number of fused-ring (bicyclic) bond motifs is 1. The lowest BCUT2D eigenvalue weighted by molar-refractivity contribution is 0.414. The lowest BCUT2D eigenvalue weighted by Crippen LogP contribution is -2.23. The van der Waals surface area contributed by atoms with E-state index in [2.05, 4.69) is 40.6 Å². The zero-order valence-electron chi connectivity index (χ0n) is 13.5. The SMILES string of the molecule is COc1ccc(CCN=C(N)Nc2ccc3c(c2)CCC3)cc1. The first-order valence-electron chi connectivity index (χ1n) is 8.06. The Hall–Kier alpha value is -2.49. The minimum Gasteiger partial charge on any atom is -0.497 e. The first-order chi connectivity index (χ1) is 11.2. The van der Waals surface area contributed by atoms with E-state index in [9.17, 15) is 0 Å². The summed E-state index contributed by atoms with van der Waals surface area (Å²) in [7, 11) is 1.67. The molecule has 0 spiro atoms. The van der Waals surface area contributed by atoms with Gasteiger partial charge < -0.3 is 15.8 Å². The molecule has 0 heterocycles. The van der Waals surface area contributed by atoms with Crippen LogP contribution in [0.5, 0.6) is 5.75 Å². The van der Waals surface area contributed by atoms with Crippen LogP contribution in [0.3, 0.4) is 0 Å². The Kier molecular flexibility index (Phi) is 4.81. The molecule has 0 bridgehead atoms. The van der Waals surface area contributed by atoms with Crippen molar-refractivity contribution >= 4 is 11.6 Å². The maximum Gasteiger partial charge on any atom is 0.193 e. The van der Waals surface area contributed by atoms with Crippen molar-refractivity contribution in [2.75, 3.05) is 19.0 Å². The highest BCUT2D eigenvalue weighted by Gasteiger charge is 2.10. The first-order valence-corrected chi connectivity index (χ1v) is 8.06. The molecule has 0 saturated heterocycles. The topological polar surface area (TPSA) is 59.6 Å². The molecular formula is C19H23N3O. The van der Waals surface area contributed by atoms with Crippen molar-refractivity contribution in [2.45, 2.75) is 25.7 Å². The highest BCUT2D eigenvalue weighted by molar-refractivity contribution is 5.92. The maximum atomic E-state index is 5.98. The van der Waals surface area contributed by atoms with Gasteiger partial charge in [-0.25, -0.2) is 0 Å². The van der Waals surface area contributed by atoms with Crippen LogP contribution in [0.2, 0.25) is 0 Å². The van der Waals surface area contributed by atoms with Crippen molar-refractivity contribution in [3.8, 4) is 5.75 Å². The van der Waals surface area contributed by atoms with Gasteiger partial charge in [-0.1, -0.05) is 18.2 Å². The molecule has 2 aromatic rings. The molecule has 0 atom stereocenters. The average Bonchev–Trinajstić information content (AvgIpc) is 3.03. The molecule has 1 aliphatic rings. The lowest BCUT2D eigenvalue weighted by Gasteiger charge is -2.08. The molecule has 3 N–H and O–H groups in total. The zero-order valence-corrected chi connectivity index (χ0v) is 13.5. The number of nitrogens with zero attached hydrogens (tertiary/aromatic N) is 1. The number of hydrogen-bond donors (Lipinski definition) is 2. The fourth-order valence-electron chi connectivity index (χ4n) is 2.93.